The predicted octanol–water partition coefficient (Wildman–Crippen LogP) is 1.46. The zero-order valence-corrected chi connectivity index (χ0v) is 13.0. The number of carbonyl (C=O) groups excluding carboxylic acids is 2. The fraction of sp³-hybridized carbons (Fsp3) is 0.867. The van der Waals surface area contributed by atoms with Crippen molar-refractivity contribution in [1.82, 2.24) is 10.2 Å². The maximum absolute atomic E-state index is 13.0. The lowest BCUT2D eigenvalue weighted by Crippen LogP contribution is -2.73. The lowest BCUT2D eigenvalue weighted by molar-refractivity contribution is -0.166. The molecule has 0 spiro atoms. The lowest BCUT2D eigenvalue weighted by Gasteiger charge is -2.53. The Kier molecular flexibility index (Phi) is 4.09. The van der Waals surface area contributed by atoms with Gasteiger partial charge < -0.3 is 15.0 Å². The summed E-state index contributed by atoms with van der Waals surface area (Å²) < 4.78 is 5.43. The smallest absolute Gasteiger partial charge is 0.249 e. The number of hydrogen-bond donors (Lipinski definition) is 1. The van der Waals surface area contributed by atoms with Gasteiger partial charge in [0.1, 0.15) is 11.6 Å². The summed E-state index contributed by atoms with van der Waals surface area (Å²) in [6.07, 6.45) is 2.84. The zero-order chi connectivity index (χ0) is 15.0. The molecule has 2 aliphatic rings. The fourth-order valence-electron chi connectivity index (χ4n) is 3.21. The van der Waals surface area contributed by atoms with Gasteiger partial charge in [-0.1, -0.05) is 13.8 Å². The van der Waals surface area contributed by atoms with E-state index in [0.29, 0.717) is 26.1 Å². The fourth-order valence-corrected chi connectivity index (χ4v) is 3.21. The van der Waals surface area contributed by atoms with Gasteiger partial charge in [-0.05, 0) is 39.5 Å². The Bertz CT molecular complexity index is 404. The first-order valence-electron chi connectivity index (χ1n) is 7.61. The average molecular weight is 282 g/mol. The standard InChI is InChI=1S/C15H26N2O3/c1-5-11-12(18)16-15(4,6-2)13(19)17(11)14(3)7-9-20-10-8-14/h11H,5-10H2,1-4H3,(H,16,18). The molecule has 2 fully saturated rings. The molecule has 2 atom stereocenters. The molecule has 2 heterocycles. The minimum atomic E-state index is -0.774. The van der Waals surface area contributed by atoms with Crippen LogP contribution in [0.1, 0.15) is 53.4 Å². The largest absolute Gasteiger partial charge is 0.381 e. The van der Waals surface area contributed by atoms with Crippen molar-refractivity contribution in [3.05, 3.63) is 0 Å². The van der Waals surface area contributed by atoms with Crippen molar-refractivity contribution < 1.29 is 14.3 Å². The Labute approximate surface area is 121 Å². The topological polar surface area (TPSA) is 58.6 Å². The number of hydrogen-bond acceptors (Lipinski definition) is 3. The van der Waals surface area contributed by atoms with Crippen LogP contribution in [0.2, 0.25) is 0 Å². The second kappa shape index (κ2) is 5.35. The summed E-state index contributed by atoms with van der Waals surface area (Å²) in [5, 5.41) is 2.92. The normalized spacial score (nSPS) is 34.0. The summed E-state index contributed by atoms with van der Waals surface area (Å²) in [7, 11) is 0. The summed E-state index contributed by atoms with van der Waals surface area (Å²) in [6, 6.07) is -0.356. The van der Waals surface area contributed by atoms with Crippen LogP contribution in [-0.4, -0.2) is 47.0 Å². The van der Waals surface area contributed by atoms with Gasteiger partial charge in [-0.2, -0.15) is 0 Å². The first-order valence-corrected chi connectivity index (χ1v) is 7.61. The monoisotopic (exact) mass is 282 g/mol. The minimum Gasteiger partial charge on any atom is -0.381 e. The van der Waals surface area contributed by atoms with Crippen LogP contribution >= 0.6 is 0 Å². The van der Waals surface area contributed by atoms with Crippen LogP contribution in [0.25, 0.3) is 0 Å². The van der Waals surface area contributed by atoms with E-state index < -0.39 is 5.54 Å². The van der Waals surface area contributed by atoms with Gasteiger partial charge >= 0.3 is 0 Å². The molecule has 2 aliphatic heterocycles. The molecule has 5 heteroatoms. The van der Waals surface area contributed by atoms with E-state index in [1.165, 1.54) is 0 Å². The van der Waals surface area contributed by atoms with Crippen LogP contribution in [-0.2, 0) is 14.3 Å². The first-order chi connectivity index (χ1) is 9.38. The molecule has 0 saturated carbocycles. The van der Waals surface area contributed by atoms with Crippen LogP contribution in [0, 0.1) is 0 Å². The number of amides is 2. The van der Waals surface area contributed by atoms with Crippen LogP contribution in [0.5, 0.6) is 0 Å². The zero-order valence-electron chi connectivity index (χ0n) is 13.0. The van der Waals surface area contributed by atoms with Crippen LogP contribution in [0.3, 0.4) is 0 Å². The molecule has 0 aliphatic carbocycles. The number of piperazine rings is 1. The van der Waals surface area contributed by atoms with Crippen molar-refractivity contribution >= 4 is 11.8 Å². The molecule has 114 valence electrons. The van der Waals surface area contributed by atoms with Gasteiger partial charge in [-0.15, -0.1) is 0 Å². The molecular weight excluding hydrogens is 256 g/mol. The van der Waals surface area contributed by atoms with Crippen LogP contribution < -0.4 is 5.32 Å². The Morgan fingerprint density at radius 2 is 1.85 bits per heavy atom. The molecule has 5 nitrogen and oxygen atoms in total. The molecule has 0 aromatic rings. The van der Waals surface area contributed by atoms with Crippen molar-refractivity contribution in [1.29, 1.82) is 0 Å². The first kappa shape index (κ1) is 15.3. The van der Waals surface area contributed by atoms with Gasteiger partial charge in [0.2, 0.25) is 11.8 Å². The predicted molar refractivity (Wildman–Crippen MR) is 76.2 cm³/mol. The van der Waals surface area contributed by atoms with E-state index in [9.17, 15) is 9.59 Å². The third kappa shape index (κ3) is 2.32. The highest BCUT2D eigenvalue weighted by atomic mass is 16.5. The van der Waals surface area contributed by atoms with Crippen LogP contribution in [0.15, 0.2) is 0 Å². The Morgan fingerprint density at radius 1 is 1.25 bits per heavy atom. The molecular formula is C15H26N2O3. The van der Waals surface area contributed by atoms with Gasteiger partial charge in [0.15, 0.2) is 0 Å². The van der Waals surface area contributed by atoms with Gasteiger partial charge in [0.05, 0.1) is 0 Å². The summed E-state index contributed by atoms with van der Waals surface area (Å²) in [5.41, 5.74) is -1.05. The molecule has 2 amide bonds. The summed E-state index contributed by atoms with van der Waals surface area (Å²) in [5.74, 6) is 0.0278. The van der Waals surface area contributed by atoms with E-state index in [0.717, 1.165) is 12.8 Å². The van der Waals surface area contributed by atoms with E-state index in [-0.39, 0.29) is 23.4 Å². The van der Waals surface area contributed by atoms with Crippen molar-refractivity contribution in [2.45, 2.75) is 70.5 Å². The van der Waals surface area contributed by atoms with E-state index in [1.807, 2.05) is 25.7 Å². The molecule has 20 heavy (non-hydrogen) atoms. The average Bonchev–Trinajstić information content (AvgIpc) is 2.43. The van der Waals surface area contributed by atoms with Gasteiger partial charge in [-0.25, -0.2) is 0 Å². The van der Waals surface area contributed by atoms with Gasteiger partial charge in [-0.3, -0.25) is 9.59 Å². The third-order valence-corrected chi connectivity index (χ3v) is 4.95. The number of nitrogens with one attached hydrogen (secondary N) is 1. The number of nitrogens with zero attached hydrogens (tertiary/aromatic N) is 1. The number of carbonyl (C=O) groups is 2. The third-order valence-electron chi connectivity index (χ3n) is 4.95. The van der Waals surface area contributed by atoms with E-state index in [1.54, 1.807) is 0 Å². The minimum absolute atomic E-state index is 0.0239. The highest BCUT2D eigenvalue weighted by molar-refractivity contribution is 6.00. The highest BCUT2D eigenvalue weighted by Crippen LogP contribution is 2.35. The molecule has 0 aromatic carbocycles. The lowest BCUT2D eigenvalue weighted by atomic mass is 9.82. The van der Waals surface area contributed by atoms with E-state index >= 15 is 0 Å². The van der Waals surface area contributed by atoms with Gasteiger partial charge in [0, 0.05) is 18.8 Å². The van der Waals surface area contributed by atoms with Crippen molar-refractivity contribution in [2.24, 2.45) is 0 Å². The molecule has 0 aromatic heterocycles. The SMILES string of the molecule is CCC1C(=O)NC(C)(CC)C(=O)N1C1(C)CCOCC1. The van der Waals surface area contributed by atoms with Crippen molar-refractivity contribution in [3.63, 3.8) is 0 Å². The summed E-state index contributed by atoms with van der Waals surface area (Å²) >= 11 is 0. The van der Waals surface area contributed by atoms with E-state index in [4.69, 9.17) is 4.74 Å². The highest BCUT2D eigenvalue weighted by Gasteiger charge is 2.52. The molecule has 2 saturated heterocycles. The Hall–Kier alpha value is -1.10. The Balaban J connectivity index is 2.38. The number of ether oxygens (including phenoxy) is 1. The number of rotatable bonds is 3. The van der Waals surface area contributed by atoms with Crippen molar-refractivity contribution in [2.75, 3.05) is 13.2 Å². The molecule has 2 unspecified atom stereocenters. The maximum atomic E-state index is 13.0. The van der Waals surface area contributed by atoms with Crippen LogP contribution in [0.4, 0.5) is 0 Å². The van der Waals surface area contributed by atoms with Crippen molar-refractivity contribution in [3.8, 4) is 0 Å². The van der Waals surface area contributed by atoms with E-state index in [2.05, 4.69) is 12.2 Å². The molecule has 0 bridgehead atoms. The summed E-state index contributed by atoms with van der Waals surface area (Å²) in [6.45, 7) is 9.12. The second-order valence-corrected chi connectivity index (χ2v) is 6.38. The molecule has 1 N–H and O–H groups in total. The maximum Gasteiger partial charge on any atom is 0.249 e. The quantitative estimate of drug-likeness (QED) is 0.852. The summed E-state index contributed by atoms with van der Waals surface area (Å²) in [4.78, 5) is 27.2. The van der Waals surface area contributed by atoms with Gasteiger partial charge in [0.25, 0.3) is 0 Å². The molecule has 2 rings (SSSR count). The second-order valence-electron chi connectivity index (χ2n) is 6.38. The Morgan fingerprint density at radius 3 is 2.35 bits per heavy atom. The molecule has 0 radical (unpaired) electrons.